The molecule has 1 aromatic heterocycles. The fourth-order valence-corrected chi connectivity index (χ4v) is 3.82. The van der Waals surface area contributed by atoms with Crippen molar-refractivity contribution in [2.75, 3.05) is 6.61 Å². The van der Waals surface area contributed by atoms with E-state index in [0.29, 0.717) is 5.69 Å². The van der Waals surface area contributed by atoms with E-state index >= 15 is 0 Å². The van der Waals surface area contributed by atoms with Crippen LogP contribution >= 0.6 is 8.60 Å². The second-order valence-corrected chi connectivity index (χ2v) is 8.66. The fourth-order valence-electron chi connectivity index (χ4n) is 3.53. The van der Waals surface area contributed by atoms with E-state index in [4.69, 9.17) is 20.3 Å². The lowest BCUT2D eigenvalue weighted by Gasteiger charge is -2.15. The fraction of sp³-hybridized carbons (Fsp3) is 0.160. The molecule has 1 atom stereocenters. The first kappa shape index (κ1) is 25.8. The summed E-state index contributed by atoms with van der Waals surface area (Å²) in [4.78, 5) is 24.6. The minimum Gasteiger partial charge on any atom is -0.488 e. The Kier molecular flexibility index (Phi) is 8.03. The van der Waals surface area contributed by atoms with Crippen LogP contribution in [0.25, 0.3) is 22.4 Å². The van der Waals surface area contributed by atoms with Crippen LogP contribution in [0.2, 0.25) is 0 Å². The first-order valence-electron chi connectivity index (χ1n) is 10.8. The minimum atomic E-state index is -4.64. The Hall–Kier alpha value is -3.27. The number of hydrogen-bond donors (Lipinski definition) is 4. The van der Waals surface area contributed by atoms with Gasteiger partial charge in [0.2, 0.25) is 0 Å². The van der Waals surface area contributed by atoms with Gasteiger partial charge in [0.1, 0.15) is 18.2 Å². The maximum Gasteiger partial charge on any atom is 0.419 e. The van der Waals surface area contributed by atoms with Crippen molar-refractivity contribution in [1.82, 2.24) is 9.97 Å². The van der Waals surface area contributed by atoms with Crippen LogP contribution in [0.1, 0.15) is 23.0 Å². The first-order chi connectivity index (χ1) is 17.2. The molecule has 3 aromatic carbocycles. The summed E-state index contributed by atoms with van der Waals surface area (Å²) in [6.45, 7) is -0.253. The largest absolute Gasteiger partial charge is 0.488 e. The molecule has 0 fully saturated rings. The molecule has 0 radical (unpaired) electrons. The Morgan fingerprint density at radius 2 is 1.61 bits per heavy atom. The van der Waals surface area contributed by atoms with Crippen LogP contribution in [-0.4, -0.2) is 26.4 Å². The molecule has 0 amide bonds. The minimum absolute atomic E-state index is 0.0290. The van der Waals surface area contributed by atoms with Gasteiger partial charge in [0.05, 0.1) is 30.1 Å². The van der Waals surface area contributed by atoms with Gasteiger partial charge in [-0.15, -0.1) is 0 Å². The summed E-state index contributed by atoms with van der Waals surface area (Å²) >= 11 is 0. The SMILES string of the molecule is NC(COP(O)O)c1ncc(-c2ccc(OCc3ccc(-c4ccccc4)cc3)c(C(F)(F)F)c2)[nH]1. The predicted octanol–water partition coefficient (Wildman–Crippen LogP) is 5.57. The molecule has 0 aliphatic heterocycles. The van der Waals surface area contributed by atoms with Crippen LogP contribution in [0.3, 0.4) is 0 Å². The number of aromatic nitrogens is 2. The van der Waals surface area contributed by atoms with E-state index in [2.05, 4.69) is 14.5 Å². The molecule has 11 heteroatoms. The Bertz CT molecular complexity index is 1280. The van der Waals surface area contributed by atoms with E-state index in [1.54, 1.807) is 0 Å². The molecule has 0 aliphatic carbocycles. The molecular formula is C25H23F3N3O4P. The van der Waals surface area contributed by atoms with Crippen molar-refractivity contribution in [3.8, 4) is 28.1 Å². The Balaban J connectivity index is 1.49. The van der Waals surface area contributed by atoms with Gasteiger partial charge < -0.3 is 29.8 Å². The number of hydrogen-bond acceptors (Lipinski definition) is 6. The highest BCUT2D eigenvalue weighted by atomic mass is 31.2. The molecule has 36 heavy (non-hydrogen) atoms. The highest BCUT2D eigenvalue weighted by Crippen LogP contribution is 2.39. The lowest BCUT2D eigenvalue weighted by Crippen LogP contribution is -2.17. The molecule has 1 heterocycles. The van der Waals surface area contributed by atoms with Gasteiger partial charge in [0.15, 0.2) is 0 Å². The summed E-state index contributed by atoms with van der Waals surface area (Å²) in [7, 11) is -2.58. The summed E-state index contributed by atoms with van der Waals surface area (Å²) in [5.41, 5.74) is 8.26. The van der Waals surface area contributed by atoms with Gasteiger partial charge in [0, 0.05) is 5.56 Å². The summed E-state index contributed by atoms with van der Waals surface area (Å²) < 4.78 is 51.7. The Labute approximate surface area is 206 Å². The van der Waals surface area contributed by atoms with E-state index in [-0.39, 0.29) is 30.4 Å². The first-order valence-corrected chi connectivity index (χ1v) is 12.0. The van der Waals surface area contributed by atoms with Crippen LogP contribution in [0, 0.1) is 0 Å². The topological polar surface area (TPSA) is 114 Å². The third-order valence-electron chi connectivity index (χ3n) is 5.37. The van der Waals surface area contributed by atoms with E-state index in [1.165, 1.54) is 18.3 Å². The molecular weight excluding hydrogens is 494 g/mol. The number of halogens is 3. The number of rotatable bonds is 9. The molecule has 5 N–H and O–H groups in total. The number of alkyl halides is 3. The highest BCUT2D eigenvalue weighted by molar-refractivity contribution is 7.39. The maximum atomic E-state index is 13.8. The van der Waals surface area contributed by atoms with Crippen LogP contribution in [0.4, 0.5) is 13.2 Å². The lowest BCUT2D eigenvalue weighted by atomic mass is 10.0. The van der Waals surface area contributed by atoms with Crippen LogP contribution in [0.5, 0.6) is 5.75 Å². The number of imidazole rings is 1. The van der Waals surface area contributed by atoms with Crippen LogP contribution in [0.15, 0.2) is 79.0 Å². The standard InChI is InChI=1S/C25H23F3N3O4P/c26-25(27,28)20-12-19(22-13-30-24(31-22)21(29)15-35-36(32)33)10-11-23(20)34-14-16-6-8-18(9-7-16)17-4-2-1-3-5-17/h1-13,21,32-33H,14-15,29H2,(H,30,31). The molecule has 4 rings (SSSR count). The second-order valence-electron chi connectivity index (χ2n) is 7.90. The van der Waals surface area contributed by atoms with Gasteiger partial charge in [0.25, 0.3) is 0 Å². The van der Waals surface area contributed by atoms with Crippen molar-refractivity contribution in [2.45, 2.75) is 18.8 Å². The number of benzene rings is 3. The molecule has 1 unspecified atom stereocenters. The number of aromatic amines is 1. The van der Waals surface area contributed by atoms with Crippen molar-refractivity contribution in [3.05, 3.63) is 95.9 Å². The van der Waals surface area contributed by atoms with Crippen LogP contribution < -0.4 is 10.5 Å². The van der Waals surface area contributed by atoms with Crippen molar-refractivity contribution >= 4 is 8.60 Å². The second kappa shape index (κ2) is 11.2. The molecule has 188 valence electrons. The number of H-pyrrole nitrogens is 1. The van der Waals surface area contributed by atoms with Crippen LogP contribution in [-0.2, 0) is 17.3 Å². The molecule has 0 bridgehead atoms. The van der Waals surface area contributed by atoms with Crippen molar-refractivity contribution < 1.29 is 32.2 Å². The van der Waals surface area contributed by atoms with Gasteiger partial charge in [-0.2, -0.15) is 13.2 Å². The number of nitrogens with two attached hydrogens (primary N) is 1. The van der Waals surface area contributed by atoms with Gasteiger partial charge >= 0.3 is 14.8 Å². The quantitative estimate of drug-likeness (QED) is 0.216. The lowest BCUT2D eigenvalue weighted by molar-refractivity contribution is -0.139. The average molecular weight is 517 g/mol. The van der Waals surface area contributed by atoms with E-state index < -0.39 is 26.4 Å². The molecule has 0 saturated carbocycles. The number of nitrogens with zero attached hydrogens (tertiary/aromatic N) is 1. The summed E-state index contributed by atoms with van der Waals surface area (Å²) in [5.74, 6) is -0.0582. The Morgan fingerprint density at radius 1 is 0.944 bits per heavy atom. The average Bonchev–Trinajstić information content (AvgIpc) is 3.37. The van der Waals surface area contributed by atoms with E-state index in [0.717, 1.165) is 22.8 Å². The molecule has 0 aliphatic rings. The van der Waals surface area contributed by atoms with Gasteiger partial charge in [-0.05, 0) is 34.9 Å². The normalized spacial score (nSPS) is 12.6. The zero-order valence-electron chi connectivity index (χ0n) is 18.8. The van der Waals surface area contributed by atoms with Gasteiger partial charge in [-0.25, -0.2) is 4.98 Å². The summed E-state index contributed by atoms with van der Waals surface area (Å²) in [6.07, 6.45) is -3.30. The smallest absolute Gasteiger partial charge is 0.419 e. The maximum absolute atomic E-state index is 13.8. The van der Waals surface area contributed by atoms with Crippen molar-refractivity contribution in [2.24, 2.45) is 5.73 Å². The Morgan fingerprint density at radius 3 is 2.28 bits per heavy atom. The van der Waals surface area contributed by atoms with Crippen molar-refractivity contribution in [1.29, 1.82) is 0 Å². The predicted molar refractivity (Wildman–Crippen MR) is 129 cm³/mol. The molecule has 7 nitrogen and oxygen atoms in total. The molecule has 0 saturated heterocycles. The summed E-state index contributed by atoms with van der Waals surface area (Å²) in [6, 6.07) is 20.1. The highest BCUT2D eigenvalue weighted by Gasteiger charge is 2.35. The monoisotopic (exact) mass is 517 g/mol. The zero-order chi connectivity index (χ0) is 25.7. The third-order valence-corrected chi connectivity index (χ3v) is 5.75. The van der Waals surface area contributed by atoms with Gasteiger partial charge in [-0.3, -0.25) is 0 Å². The molecule has 4 aromatic rings. The number of nitrogens with one attached hydrogen (secondary N) is 1. The summed E-state index contributed by atoms with van der Waals surface area (Å²) in [5, 5.41) is 0. The van der Waals surface area contributed by atoms with Gasteiger partial charge in [-0.1, -0.05) is 54.6 Å². The zero-order valence-corrected chi connectivity index (χ0v) is 19.7. The van der Waals surface area contributed by atoms with E-state index in [1.807, 2.05) is 54.6 Å². The van der Waals surface area contributed by atoms with Crippen molar-refractivity contribution in [3.63, 3.8) is 0 Å². The third kappa shape index (κ3) is 6.48. The van der Waals surface area contributed by atoms with E-state index in [9.17, 15) is 13.2 Å². The number of ether oxygens (including phenoxy) is 1. The molecule has 0 spiro atoms.